The maximum absolute atomic E-state index is 11.8. The van der Waals surface area contributed by atoms with Crippen LogP contribution in [0.1, 0.15) is 0 Å². The van der Waals surface area contributed by atoms with Gasteiger partial charge in [-0.15, -0.1) is 11.8 Å². The monoisotopic (exact) mass is 351 g/mol. The number of nitrogens with one attached hydrogen (secondary N) is 1. The molecular weight excluding hydrogens is 334 g/mol. The Morgan fingerprint density at radius 2 is 1.83 bits per heavy atom. The second-order valence-electron chi connectivity index (χ2n) is 4.59. The van der Waals surface area contributed by atoms with Crippen molar-refractivity contribution < 1.29 is 14.3 Å². The minimum atomic E-state index is -0.0479. The highest BCUT2D eigenvalue weighted by Crippen LogP contribution is 2.26. The molecule has 0 aromatic heterocycles. The lowest BCUT2D eigenvalue weighted by atomic mass is 10.3. The van der Waals surface area contributed by atoms with Crippen LogP contribution in [0.5, 0.6) is 11.5 Å². The molecule has 0 radical (unpaired) electrons. The summed E-state index contributed by atoms with van der Waals surface area (Å²) in [5.41, 5.74) is 0. The van der Waals surface area contributed by atoms with E-state index in [4.69, 9.17) is 21.1 Å². The predicted octanol–water partition coefficient (Wildman–Crippen LogP) is 3.64. The Morgan fingerprint density at radius 3 is 2.52 bits per heavy atom. The lowest BCUT2D eigenvalue weighted by Gasteiger charge is -2.08. The van der Waals surface area contributed by atoms with Crippen molar-refractivity contribution >= 4 is 29.3 Å². The van der Waals surface area contributed by atoms with Gasteiger partial charge in [-0.25, -0.2) is 0 Å². The van der Waals surface area contributed by atoms with E-state index in [0.717, 1.165) is 16.4 Å². The Balaban J connectivity index is 1.63. The Bertz CT molecular complexity index is 634. The van der Waals surface area contributed by atoms with E-state index in [9.17, 15) is 4.79 Å². The van der Waals surface area contributed by atoms with Crippen molar-refractivity contribution in [3.8, 4) is 11.5 Å². The van der Waals surface area contributed by atoms with Crippen molar-refractivity contribution in [1.82, 2.24) is 5.32 Å². The first kappa shape index (κ1) is 17.5. The van der Waals surface area contributed by atoms with Gasteiger partial charge in [0.05, 0.1) is 24.4 Å². The van der Waals surface area contributed by atoms with Gasteiger partial charge in [-0.05, 0) is 36.4 Å². The van der Waals surface area contributed by atoms with E-state index in [2.05, 4.69) is 5.32 Å². The van der Waals surface area contributed by atoms with Crippen LogP contribution in [0, 0.1) is 0 Å². The van der Waals surface area contributed by atoms with Crippen LogP contribution < -0.4 is 14.8 Å². The highest BCUT2D eigenvalue weighted by atomic mass is 35.5. The highest BCUT2D eigenvalue weighted by Gasteiger charge is 2.05. The first-order valence-corrected chi connectivity index (χ1v) is 8.46. The summed E-state index contributed by atoms with van der Waals surface area (Å²) in [5.74, 6) is 1.80. The molecule has 2 aromatic rings. The smallest absolute Gasteiger partial charge is 0.230 e. The number of rotatable bonds is 8. The average molecular weight is 352 g/mol. The first-order valence-electron chi connectivity index (χ1n) is 7.10. The second-order valence-corrected chi connectivity index (χ2v) is 6.02. The number of carbonyl (C=O) groups excluding carboxylic acids is 1. The number of amides is 1. The molecule has 122 valence electrons. The maximum Gasteiger partial charge on any atom is 0.230 e. The molecule has 0 aliphatic carbocycles. The number of hydrogen-bond donors (Lipinski definition) is 1. The molecule has 0 fully saturated rings. The minimum Gasteiger partial charge on any atom is -0.497 e. The summed E-state index contributed by atoms with van der Waals surface area (Å²) in [5, 5.41) is 3.47. The van der Waals surface area contributed by atoms with Crippen LogP contribution in [0.2, 0.25) is 5.02 Å². The molecule has 0 heterocycles. The average Bonchev–Trinajstić information content (AvgIpc) is 2.58. The topological polar surface area (TPSA) is 47.6 Å². The van der Waals surface area contributed by atoms with E-state index >= 15 is 0 Å². The van der Waals surface area contributed by atoms with Crippen LogP contribution >= 0.6 is 23.4 Å². The summed E-state index contributed by atoms with van der Waals surface area (Å²) >= 11 is 7.46. The van der Waals surface area contributed by atoms with Crippen LogP contribution in [-0.2, 0) is 4.79 Å². The molecule has 0 bridgehead atoms. The second kappa shape index (κ2) is 9.33. The molecule has 0 aliphatic rings. The zero-order valence-corrected chi connectivity index (χ0v) is 14.3. The highest BCUT2D eigenvalue weighted by molar-refractivity contribution is 8.00. The van der Waals surface area contributed by atoms with Crippen LogP contribution in [0.25, 0.3) is 0 Å². The maximum atomic E-state index is 11.8. The first-order chi connectivity index (χ1) is 11.2. The van der Waals surface area contributed by atoms with Gasteiger partial charge < -0.3 is 14.8 Å². The van der Waals surface area contributed by atoms with Crippen molar-refractivity contribution in [1.29, 1.82) is 0 Å². The Labute approximate surface area is 145 Å². The lowest BCUT2D eigenvalue weighted by molar-refractivity contribution is -0.118. The Hall–Kier alpha value is -1.85. The molecule has 0 saturated heterocycles. The summed E-state index contributed by atoms with van der Waals surface area (Å²) in [6.45, 7) is 0.864. The standard InChI is InChI=1S/C17H18ClNO3S/c1-21-13-6-8-14(9-7-13)22-11-10-19-17(20)12-23-16-5-3-2-4-15(16)18/h2-9H,10-12H2,1H3,(H,19,20). The molecule has 0 saturated carbocycles. The van der Waals surface area contributed by atoms with E-state index in [1.165, 1.54) is 11.8 Å². The minimum absolute atomic E-state index is 0.0479. The van der Waals surface area contributed by atoms with Crippen LogP contribution in [0.15, 0.2) is 53.4 Å². The predicted molar refractivity (Wildman–Crippen MR) is 93.7 cm³/mol. The van der Waals surface area contributed by atoms with E-state index in [0.29, 0.717) is 23.9 Å². The number of methoxy groups -OCH3 is 1. The van der Waals surface area contributed by atoms with Crippen LogP contribution in [-0.4, -0.2) is 31.9 Å². The van der Waals surface area contributed by atoms with E-state index < -0.39 is 0 Å². The third-order valence-corrected chi connectivity index (χ3v) is 4.46. The number of halogens is 1. The zero-order valence-electron chi connectivity index (χ0n) is 12.8. The summed E-state index contributed by atoms with van der Waals surface area (Å²) < 4.78 is 10.6. The molecule has 23 heavy (non-hydrogen) atoms. The Kier molecular flexibility index (Phi) is 7.10. The molecule has 1 amide bonds. The fraction of sp³-hybridized carbons (Fsp3) is 0.235. The molecule has 0 spiro atoms. The summed E-state index contributed by atoms with van der Waals surface area (Å²) in [6.07, 6.45) is 0. The lowest BCUT2D eigenvalue weighted by Crippen LogP contribution is -2.29. The van der Waals surface area contributed by atoms with Gasteiger partial charge >= 0.3 is 0 Å². The largest absolute Gasteiger partial charge is 0.497 e. The fourth-order valence-corrected chi connectivity index (χ4v) is 2.86. The van der Waals surface area contributed by atoms with Gasteiger partial charge in [0, 0.05) is 4.90 Å². The molecule has 0 unspecified atom stereocenters. The number of carbonyl (C=O) groups is 1. The molecule has 2 aromatic carbocycles. The van der Waals surface area contributed by atoms with E-state index in [-0.39, 0.29) is 5.91 Å². The summed E-state index contributed by atoms with van der Waals surface area (Å²) in [7, 11) is 1.62. The molecule has 6 heteroatoms. The molecule has 0 atom stereocenters. The number of thioether (sulfide) groups is 1. The molecule has 1 N–H and O–H groups in total. The van der Waals surface area contributed by atoms with Crippen molar-refractivity contribution in [2.75, 3.05) is 26.0 Å². The number of ether oxygens (including phenoxy) is 2. The number of benzene rings is 2. The third-order valence-electron chi connectivity index (χ3n) is 2.95. The van der Waals surface area contributed by atoms with Gasteiger partial charge in [0.1, 0.15) is 18.1 Å². The summed E-state index contributed by atoms with van der Waals surface area (Å²) in [4.78, 5) is 12.7. The number of hydrogen-bond acceptors (Lipinski definition) is 4. The summed E-state index contributed by atoms with van der Waals surface area (Å²) in [6, 6.07) is 14.8. The normalized spacial score (nSPS) is 10.2. The third kappa shape index (κ3) is 6.04. The Morgan fingerprint density at radius 1 is 1.13 bits per heavy atom. The van der Waals surface area contributed by atoms with Gasteiger partial charge in [0.15, 0.2) is 0 Å². The fourth-order valence-electron chi connectivity index (χ4n) is 1.79. The molecular formula is C17H18ClNO3S. The van der Waals surface area contributed by atoms with Crippen molar-refractivity contribution in [3.63, 3.8) is 0 Å². The van der Waals surface area contributed by atoms with E-state index in [1.54, 1.807) is 7.11 Å². The van der Waals surface area contributed by atoms with Crippen LogP contribution in [0.4, 0.5) is 0 Å². The van der Waals surface area contributed by atoms with Gasteiger partial charge in [-0.2, -0.15) is 0 Å². The van der Waals surface area contributed by atoms with E-state index in [1.807, 2.05) is 48.5 Å². The van der Waals surface area contributed by atoms with Crippen molar-refractivity contribution in [3.05, 3.63) is 53.6 Å². The van der Waals surface area contributed by atoms with Crippen molar-refractivity contribution in [2.24, 2.45) is 0 Å². The van der Waals surface area contributed by atoms with Gasteiger partial charge in [-0.3, -0.25) is 4.79 Å². The SMILES string of the molecule is COc1ccc(OCCNC(=O)CSc2ccccc2Cl)cc1. The van der Waals surface area contributed by atoms with Crippen LogP contribution in [0.3, 0.4) is 0 Å². The quantitative estimate of drug-likeness (QED) is 0.582. The molecule has 0 aliphatic heterocycles. The van der Waals surface area contributed by atoms with Gasteiger partial charge in [0.2, 0.25) is 5.91 Å². The zero-order chi connectivity index (χ0) is 16.5. The van der Waals surface area contributed by atoms with Gasteiger partial charge in [0.25, 0.3) is 0 Å². The van der Waals surface area contributed by atoms with Gasteiger partial charge in [-0.1, -0.05) is 23.7 Å². The molecule has 2 rings (SSSR count). The molecule has 4 nitrogen and oxygen atoms in total. The van der Waals surface area contributed by atoms with Crippen molar-refractivity contribution in [2.45, 2.75) is 4.90 Å².